The Kier molecular flexibility index (Phi) is 3.75. The molecule has 0 saturated carbocycles. The molecule has 2 aromatic heterocycles. The molecular weight excluding hydrogens is 242 g/mol. The van der Waals surface area contributed by atoms with Gasteiger partial charge < -0.3 is 14.7 Å². The predicted octanol–water partition coefficient (Wildman–Crippen LogP) is 3.12. The van der Waals surface area contributed by atoms with Crippen LogP contribution in [0.2, 0.25) is 0 Å². The van der Waals surface area contributed by atoms with Gasteiger partial charge in [-0.25, -0.2) is 0 Å². The second kappa shape index (κ2) is 5.17. The highest BCUT2D eigenvalue weighted by molar-refractivity contribution is 5.56. The minimum atomic E-state index is 0.0912. The van der Waals surface area contributed by atoms with Gasteiger partial charge >= 0.3 is 0 Å². The highest BCUT2D eigenvalue weighted by atomic mass is 16.5. The van der Waals surface area contributed by atoms with Gasteiger partial charge in [-0.1, -0.05) is 25.9 Å². The van der Waals surface area contributed by atoms with Crippen LogP contribution < -0.4 is 5.73 Å². The molecule has 2 heterocycles. The summed E-state index contributed by atoms with van der Waals surface area (Å²) in [4.78, 5) is 4.45. The Morgan fingerprint density at radius 1 is 1.37 bits per heavy atom. The van der Waals surface area contributed by atoms with E-state index in [1.807, 2.05) is 13.0 Å². The van der Waals surface area contributed by atoms with Crippen molar-refractivity contribution in [3.8, 4) is 11.4 Å². The third kappa shape index (κ3) is 3.23. The summed E-state index contributed by atoms with van der Waals surface area (Å²) in [5, 5.41) is 4.02. The Labute approximate surface area is 113 Å². The van der Waals surface area contributed by atoms with Gasteiger partial charge in [-0.3, -0.25) is 0 Å². The first kappa shape index (κ1) is 13.8. The molecule has 2 N–H and O–H groups in total. The van der Waals surface area contributed by atoms with Crippen molar-refractivity contribution < 1.29 is 8.94 Å². The van der Waals surface area contributed by atoms with Gasteiger partial charge in [-0.15, -0.1) is 0 Å². The van der Waals surface area contributed by atoms with E-state index in [0.717, 1.165) is 17.7 Å². The SMILES string of the molecule is Cc1occc1-c1noc(C(CN)CC(C)(C)C)n1. The number of aryl methyl sites for hydroxylation is 1. The molecule has 0 aliphatic heterocycles. The lowest BCUT2D eigenvalue weighted by atomic mass is 9.84. The quantitative estimate of drug-likeness (QED) is 0.916. The third-order valence-corrected chi connectivity index (χ3v) is 3.03. The minimum Gasteiger partial charge on any atom is -0.469 e. The number of nitrogens with two attached hydrogens (primary N) is 1. The zero-order valence-electron chi connectivity index (χ0n) is 11.9. The van der Waals surface area contributed by atoms with Crippen LogP contribution in [0, 0.1) is 12.3 Å². The van der Waals surface area contributed by atoms with Crippen LogP contribution in [0.3, 0.4) is 0 Å². The second-order valence-electron chi connectivity index (χ2n) is 6.04. The number of hydrogen-bond acceptors (Lipinski definition) is 5. The van der Waals surface area contributed by atoms with Crippen LogP contribution in [0.15, 0.2) is 21.3 Å². The predicted molar refractivity (Wildman–Crippen MR) is 72.6 cm³/mol. The van der Waals surface area contributed by atoms with Gasteiger partial charge in [0.05, 0.1) is 17.7 Å². The zero-order valence-corrected chi connectivity index (χ0v) is 11.9. The maximum atomic E-state index is 5.82. The summed E-state index contributed by atoms with van der Waals surface area (Å²) in [5.41, 5.74) is 6.86. The Balaban J connectivity index is 2.22. The summed E-state index contributed by atoms with van der Waals surface area (Å²) < 4.78 is 10.6. The summed E-state index contributed by atoms with van der Waals surface area (Å²) >= 11 is 0. The van der Waals surface area contributed by atoms with Crippen molar-refractivity contribution in [2.45, 2.75) is 40.0 Å². The molecule has 1 atom stereocenters. The van der Waals surface area contributed by atoms with E-state index in [2.05, 4.69) is 30.9 Å². The van der Waals surface area contributed by atoms with Crippen molar-refractivity contribution in [2.24, 2.45) is 11.1 Å². The first-order valence-electron chi connectivity index (χ1n) is 6.49. The molecule has 0 radical (unpaired) electrons. The lowest BCUT2D eigenvalue weighted by Crippen LogP contribution is -2.19. The van der Waals surface area contributed by atoms with E-state index < -0.39 is 0 Å². The number of furan rings is 1. The summed E-state index contributed by atoms with van der Waals surface area (Å²) in [7, 11) is 0. The molecular formula is C14H21N3O2. The molecule has 0 amide bonds. The van der Waals surface area contributed by atoms with E-state index in [4.69, 9.17) is 14.7 Å². The molecule has 2 aromatic rings. The molecule has 0 aliphatic carbocycles. The van der Waals surface area contributed by atoms with Crippen LogP contribution >= 0.6 is 0 Å². The average Bonchev–Trinajstić information content (AvgIpc) is 2.92. The fourth-order valence-corrected chi connectivity index (χ4v) is 2.14. The molecule has 0 bridgehead atoms. The fourth-order valence-electron chi connectivity index (χ4n) is 2.14. The monoisotopic (exact) mass is 263 g/mol. The van der Waals surface area contributed by atoms with Crippen molar-refractivity contribution in [3.63, 3.8) is 0 Å². The van der Waals surface area contributed by atoms with Crippen LogP contribution in [0.4, 0.5) is 0 Å². The summed E-state index contributed by atoms with van der Waals surface area (Å²) in [6.45, 7) is 8.90. The van der Waals surface area contributed by atoms with Gasteiger partial charge in [-0.2, -0.15) is 4.98 Å². The third-order valence-electron chi connectivity index (χ3n) is 3.03. The van der Waals surface area contributed by atoms with E-state index in [9.17, 15) is 0 Å². The Hall–Kier alpha value is -1.62. The lowest BCUT2D eigenvalue weighted by molar-refractivity contribution is 0.287. The molecule has 0 fully saturated rings. The van der Waals surface area contributed by atoms with E-state index >= 15 is 0 Å². The Bertz CT molecular complexity index is 537. The zero-order chi connectivity index (χ0) is 14.0. The molecule has 0 aromatic carbocycles. The molecule has 19 heavy (non-hydrogen) atoms. The summed E-state index contributed by atoms with van der Waals surface area (Å²) in [6, 6.07) is 1.84. The smallest absolute Gasteiger partial charge is 0.231 e. The standard InChI is InChI=1S/C14H21N3O2/c1-9-11(5-6-18-9)12-16-13(19-17-12)10(8-15)7-14(2,3)4/h5-6,10H,7-8,15H2,1-4H3. The fraction of sp³-hybridized carbons (Fsp3) is 0.571. The number of nitrogens with zero attached hydrogens (tertiary/aromatic N) is 2. The molecule has 5 heteroatoms. The van der Waals surface area contributed by atoms with Gasteiger partial charge in [0.1, 0.15) is 5.76 Å². The summed E-state index contributed by atoms with van der Waals surface area (Å²) in [6.07, 6.45) is 2.53. The maximum Gasteiger partial charge on any atom is 0.231 e. The van der Waals surface area contributed by atoms with Crippen LogP contribution in [0.25, 0.3) is 11.4 Å². The van der Waals surface area contributed by atoms with Crippen molar-refractivity contribution in [3.05, 3.63) is 24.0 Å². The van der Waals surface area contributed by atoms with Gasteiger partial charge in [0.25, 0.3) is 0 Å². The lowest BCUT2D eigenvalue weighted by Gasteiger charge is -2.22. The second-order valence-corrected chi connectivity index (χ2v) is 6.04. The van der Waals surface area contributed by atoms with Gasteiger partial charge in [0.2, 0.25) is 11.7 Å². The molecule has 0 spiro atoms. The normalized spacial score (nSPS) is 13.7. The molecule has 0 saturated heterocycles. The molecule has 2 rings (SSSR count). The van der Waals surface area contributed by atoms with E-state index in [1.54, 1.807) is 6.26 Å². The largest absolute Gasteiger partial charge is 0.469 e. The highest BCUT2D eigenvalue weighted by Crippen LogP contribution is 2.31. The highest BCUT2D eigenvalue weighted by Gasteiger charge is 2.24. The Morgan fingerprint density at radius 2 is 2.11 bits per heavy atom. The topological polar surface area (TPSA) is 78.1 Å². The van der Waals surface area contributed by atoms with Crippen molar-refractivity contribution in [1.29, 1.82) is 0 Å². The number of rotatable bonds is 4. The van der Waals surface area contributed by atoms with Crippen LogP contribution in [0.5, 0.6) is 0 Å². The van der Waals surface area contributed by atoms with Crippen molar-refractivity contribution in [1.82, 2.24) is 10.1 Å². The average molecular weight is 263 g/mol. The maximum absolute atomic E-state index is 5.82. The first-order valence-corrected chi connectivity index (χ1v) is 6.49. The molecule has 0 aliphatic rings. The molecule has 5 nitrogen and oxygen atoms in total. The van der Waals surface area contributed by atoms with E-state index in [1.165, 1.54) is 0 Å². The van der Waals surface area contributed by atoms with Crippen molar-refractivity contribution >= 4 is 0 Å². The Morgan fingerprint density at radius 3 is 2.63 bits per heavy atom. The minimum absolute atomic E-state index is 0.0912. The first-order chi connectivity index (χ1) is 8.90. The van der Waals surface area contributed by atoms with Crippen LogP contribution in [-0.2, 0) is 0 Å². The molecule has 1 unspecified atom stereocenters. The van der Waals surface area contributed by atoms with Crippen LogP contribution in [0.1, 0.15) is 44.8 Å². The van der Waals surface area contributed by atoms with Gasteiger partial charge in [0, 0.05) is 6.54 Å². The number of hydrogen-bond donors (Lipinski definition) is 1. The van der Waals surface area contributed by atoms with Crippen molar-refractivity contribution in [2.75, 3.05) is 6.54 Å². The summed E-state index contributed by atoms with van der Waals surface area (Å²) in [5.74, 6) is 2.04. The van der Waals surface area contributed by atoms with E-state index in [0.29, 0.717) is 18.3 Å². The number of aromatic nitrogens is 2. The van der Waals surface area contributed by atoms with E-state index in [-0.39, 0.29) is 11.3 Å². The molecule has 104 valence electrons. The van der Waals surface area contributed by atoms with Gasteiger partial charge in [0.15, 0.2) is 0 Å². The van der Waals surface area contributed by atoms with Gasteiger partial charge in [-0.05, 0) is 24.8 Å². The van der Waals surface area contributed by atoms with Crippen LogP contribution in [-0.4, -0.2) is 16.7 Å².